The number of rotatable bonds is 7. The van der Waals surface area contributed by atoms with E-state index >= 15 is 0 Å². The van der Waals surface area contributed by atoms with Crippen LogP contribution < -0.4 is 10.6 Å². The van der Waals surface area contributed by atoms with Crippen molar-refractivity contribution >= 4 is 30.2 Å². The van der Waals surface area contributed by atoms with Crippen LogP contribution in [-0.4, -0.2) is 65.2 Å². The van der Waals surface area contributed by atoms with Crippen molar-refractivity contribution in [2.24, 2.45) is 11.8 Å². The summed E-state index contributed by atoms with van der Waals surface area (Å²) in [6.07, 6.45) is 7.02. The standard InChI is InChI=1S/C21H30N4O5.ClH/c1-14-11-17(30-24-14)12-18(21(28)29)23-20(27)16-3-2-10-25(13-16)19(26)5-4-15-6-8-22-9-7-15;/h4-5,11,15-16,18,22H,2-3,6-10,12-13H2,1H3,(H,23,27)(H,28,29);1H/b5-4+;/t16-,18+;/m1./s1. The Kier molecular flexibility index (Phi) is 9.51. The molecule has 0 radical (unpaired) electrons. The molecular formula is C21H31ClN4O5. The van der Waals surface area contributed by atoms with Crippen molar-refractivity contribution in [1.82, 2.24) is 20.7 Å². The number of halogens is 1. The Hall–Kier alpha value is -2.39. The number of likely N-dealkylation sites (tertiary alicyclic amines) is 1. The fraction of sp³-hybridized carbons (Fsp3) is 0.619. The first-order chi connectivity index (χ1) is 14.4. The molecule has 0 saturated carbocycles. The van der Waals surface area contributed by atoms with Crippen LogP contribution >= 0.6 is 12.4 Å². The van der Waals surface area contributed by atoms with Gasteiger partial charge < -0.3 is 25.2 Å². The van der Waals surface area contributed by atoms with E-state index in [1.807, 2.05) is 6.08 Å². The Morgan fingerprint density at radius 2 is 2.10 bits per heavy atom. The molecule has 3 heterocycles. The highest BCUT2D eigenvalue weighted by Crippen LogP contribution is 2.19. The molecular weight excluding hydrogens is 424 g/mol. The highest BCUT2D eigenvalue weighted by molar-refractivity contribution is 5.89. The number of carboxylic acids is 1. The van der Waals surface area contributed by atoms with Gasteiger partial charge in [0.1, 0.15) is 11.8 Å². The molecule has 1 aromatic heterocycles. The van der Waals surface area contributed by atoms with Gasteiger partial charge in [-0.2, -0.15) is 0 Å². The molecule has 2 atom stereocenters. The Morgan fingerprint density at radius 3 is 2.74 bits per heavy atom. The van der Waals surface area contributed by atoms with E-state index in [9.17, 15) is 19.5 Å². The van der Waals surface area contributed by atoms with Crippen LogP contribution in [0.5, 0.6) is 0 Å². The zero-order valence-corrected chi connectivity index (χ0v) is 18.5. The van der Waals surface area contributed by atoms with Gasteiger partial charge in [-0.05, 0) is 57.7 Å². The van der Waals surface area contributed by atoms with Gasteiger partial charge in [-0.1, -0.05) is 11.2 Å². The lowest BCUT2D eigenvalue weighted by atomic mass is 9.95. The van der Waals surface area contributed by atoms with Gasteiger partial charge in [-0.15, -0.1) is 12.4 Å². The van der Waals surface area contributed by atoms with Crippen molar-refractivity contribution in [2.45, 2.75) is 45.1 Å². The second-order valence-corrected chi connectivity index (χ2v) is 8.11. The third-order valence-corrected chi connectivity index (χ3v) is 5.70. The van der Waals surface area contributed by atoms with E-state index in [4.69, 9.17) is 4.52 Å². The molecule has 172 valence electrons. The van der Waals surface area contributed by atoms with Crippen molar-refractivity contribution in [1.29, 1.82) is 0 Å². The molecule has 0 aromatic carbocycles. The molecule has 0 spiro atoms. The number of aryl methyl sites for hydroxylation is 1. The summed E-state index contributed by atoms with van der Waals surface area (Å²) in [5.74, 6) is -1.17. The van der Waals surface area contributed by atoms with Crippen molar-refractivity contribution in [3.05, 3.63) is 29.7 Å². The normalized spacial score (nSPS) is 20.8. The van der Waals surface area contributed by atoms with E-state index in [2.05, 4.69) is 15.8 Å². The average molecular weight is 455 g/mol. The average Bonchev–Trinajstić information content (AvgIpc) is 3.17. The van der Waals surface area contributed by atoms with Crippen LogP contribution in [0.2, 0.25) is 0 Å². The lowest BCUT2D eigenvalue weighted by Crippen LogP contribution is -2.49. The number of carbonyl (C=O) groups is 3. The summed E-state index contributed by atoms with van der Waals surface area (Å²) < 4.78 is 5.07. The van der Waals surface area contributed by atoms with E-state index in [1.165, 1.54) is 0 Å². The van der Waals surface area contributed by atoms with Crippen LogP contribution in [0.15, 0.2) is 22.7 Å². The van der Waals surface area contributed by atoms with E-state index in [1.54, 1.807) is 24.0 Å². The van der Waals surface area contributed by atoms with Crippen LogP contribution in [0, 0.1) is 18.8 Å². The number of carboxylic acid groups (broad SMARTS) is 1. The van der Waals surface area contributed by atoms with Gasteiger partial charge in [0, 0.05) is 25.6 Å². The number of aromatic nitrogens is 1. The van der Waals surface area contributed by atoms with Gasteiger partial charge in [0.25, 0.3) is 0 Å². The number of aliphatic carboxylic acids is 1. The van der Waals surface area contributed by atoms with E-state index < -0.39 is 17.9 Å². The first kappa shape index (κ1) is 24.9. The molecule has 2 fully saturated rings. The molecule has 9 nitrogen and oxygen atoms in total. The zero-order chi connectivity index (χ0) is 21.5. The molecule has 2 amide bonds. The first-order valence-corrected chi connectivity index (χ1v) is 10.6. The SMILES string of the molecule is Cc1cc(C[C@H](NC(=O)[C@@H]2CCCN(C(=O)/C=C/C3CCNCC3)C2)C(=O)O)on1.Cl. The lowest BCUT2D eigenvalue weighted by molar-refractivity contribution is -0.143. The van der Waals surface area contributed by atoms with Gasteiger partial charge in [0.2, 0.25) is 11.8 Å². The van der Waals surface area contributed by atoms with E-state index in [-0.39, 0.29) is 30.6 Å². The van der Waals surface area contributed by atoms with Crippen LogP contribution in [0.1, 0.15) is 37.1 Å². The number of carbonyl (C=O) groups excluding carboxylic acids is 2. The minimum atomic E-state index is -1.13. The predicted molar refractivity (Wildman–Crippen MR) is 116 cm³/mol. The number of amides is 2. The number of hydrogen-bond donors (Lipinski definition) is 3. The smallest absolute Gasteiger partial charge is 0.326 e. The fourth-order valence-electron chi connectivity index (χ4n) is 3.96. The first-order valence-electron chi connectivity index (χ1n) is 10.6. The molecule has 2 saturated heterocycles. The maximum Gasteiger partial charge on any atom is 0.326 e. The van der Waals surface area contributed by atoms with Crippen LogP contribution in [0.25, 0.3) is 0 Å². The van der Waals surface area contributed by atoms with Gasteiger partial charge in [0.05, 0.1) is 11.6 Å². The summed E-state index contributed by atoms with van der Waals surface area (Å²) in [7, 11) is 0. The van der Waals surface area contributed by atoms with Gasteiger partial charge in [-0.25, -0.2) is 4.79 Å². The highest BCUT2D eigenvalue weighted by atomic mass is 35.5. The molecule has 2 aliphatic rings. The van der Waals surface area contributed by atoms with Gasteiger partial charge in [0.15, 0.2) is 0 Å². The molecule has 0 unspecified atom stereocenters. The quantitative estimate of drug-likeness (QED) is 0.530. The fourth-order valence-corrected chi connectivity index (χ4v) is 3.96. The second kappa shape index (κ2) is 11.9. The molecule has 2 aliphatic heterocycles. The number of allylic oxidation sites excluding steroid dienone is 1. The Morgan fingerprint density at radius 1 is 1.35 bits per heavy atom. The van der Waals surface area contributed by atoms with Gasteiger partial charge >= 0.3 is 5.97 Å². The minimum Gasteiger partial charge on any atom is -0.480 e. The molecule has 3 rings (SSSR count). The topological polar surface area (TPSA) is 125 Å². The minimum absolute atomic E-state index is 0. The predicted octanol–water partition coefficient (Wildman–Crippen LogP) is 1.31. The van der Waals surface area contributed by atoms with Crippen molar-refractivity contribution < 1.29 is 24.0 Å². The Bertz CT molecular complexity index is 790. The molecule has 0 aliphatic carbocycles. The van der Waals surface area contributed by atoms with Crippen molar-refractivity contribution in [2.75, 3.05) is 26.2 Å². The summed E-state index contributed by atoms with van der Waals surface area (Å²) in [6, 6.07) is 0.549. The number of piperidine rings is 2. The summed E-state index contributed by atoms with van der Waals surface area (Å²) in [4.78, 5) is 38.5. The second-order valence-electron chi connectivity index (χ2n) is 8.11. The van der Waals surface area contributed by atoms with Gasteiger partial charge in [-0.3, -0.25) is 9.59 Å². The third-order valence-electron chi connectivity index (χ3n) is 5.70. The summed E-state index contributed by atoms with van der Waals surface area (Å²) >= 11 is 0. The Labute approximate surface area is 188 Å². The largest absolute Gasteiger partial charge is 0.480 e. The lowest BCUT2D eigenvalue weighted by Gasteiger charge is -2.32. The molecule has 0 bridgehead atoms. The Balaban J connectivity index is 0.00000341. The third kappa shape index (κ3) is 7.36. The monoisotopic (exact) mass is 454 g/mol. The molecule has 3 N–H and O–H groups in total. The van der Waals surface area contributed by atoms with Crippen molar-refractivity contribution in [3.8, 4) is 0 Å². The zero-order valence-electron chi connectivity index (χ0n) is 17.7. The van der Waals surface area contributed by atoms with E-state index in [0.717, 1.165) is 25.9 Å². The maximum absolute atomic E-state index is 12.7. The summed E-state index contributed by atoms with van der Waals surface area (Å²) in [6.45, 7) is 4.59. The van der Waals surface area contributed by atoms with Crippen molar-refractivity contribution in [3.63, 3.8) is 0 Å². The molecule has 1 aromatic rings. The maximum atomic E-state index is 12.7. The van der Waals surface area contributed by atoms with Crippen LogP contribution in [0.3, 0.4) is 0 Å². The molecule has 10 heteroatoms. The summed E-state index contributed by atoms with van der Waals surface area (Å²) in [5, 5.41) is 19.1. The highest BCUT2D eigenvalue weighted by Gasteiger charge is 2.31. The number of nitrogens with one attached hydrogen (secondary N) is 2. The van der Waals surface area contributed by atoms with Crippen LogP contribution in [-0.2, 0) is 20.8 Å². The van der Waals surface area contributed by atoms with E-state index in [0.29, 0.717) is 43.3 Å². The number of hydrogen-bond acceptors (Lipinski definition) is 6. The summed E-state index contributed by atoms with van der Waals surface area (Å²) in [5.41, 5.74) is 0.652. The van der Waals surface area contributed by atoms with Crippen LogP contribution in [0.4, 0.5) is 0 Å². The molecule has 31 heavy (non-hydrogen) atoms. The number of nitrogens with zero attached hydrogens (tertiary/aromatic N) is 2.